The molecule has 4 fully saturated rings. The van der Waals surface area contributed by atoms with Gasteiger partial charge in [0.1, 0.15) is 23.3 Å². The van der Waals surface area contributed by atoms with Gasteiger partial charge in [-0.25, -0.2) is 0 Å². The van der Waals surface area contributed by atoms with E-state index in [0.717, 1.165) is 53.5 Å². The average molecular weight is 494 g/mol. The molecule has 0 radical (unpaired) electrons. The van der Waals surface area contributed by atoms with Crippen molar-refractivity contribution < 1.29 is 14.3 Å². The second-order valence-electron chi connectivity index (χ2n) is 12.9. The van der Waals surface area contributed by atoms with E-state index in [1.807, 2.05) is 25.3 Å². The molecule has 2 aromatic rings. The van der Waals surface area contributed by atoms with Gasteiger partial charge in [0, 0.05) is 19.1 Å². The van der Waals surface area contributed by atoms with Crippen molar-refractivity contribution in [2.75, 3.05) is 20.8 Å². The van der Waals surface area contributed by atoms with Crippen molar-refractivity contribution in [1.29, 1.82) is 0 Å². The first-order valence-corrected chi connectivity index (χ1v) is 14.3. The molecule has 36 heavy (non-hydrogen) atoms. The number of fused-ring (bicyclic) bond motifs is 6. The molecule has 1 heterocycles. The lowest BCUT2D eigenvalue weighted by molar-refractivity contribution is -0.154. The summed E-state index contributed by atoms with van der Waals surface area (Å²) < 4.78 is 11.3. The van der Waals surface area contributed by atoms with E-state index >= 15 is 0 Å². The number of Topliss-reactive ketones (excluding diaryl/α,β-unsaturated/α-hetero) is 1. The zero-order valence-corrected chi connectivity index (χ0v) is 22.5. The Labute approximate surface area is 215 Å². The molecule has 1 aromatic carbocycles. The maximum Gasteiger partial charge on any atom is 0.159 e. The van der Waals surface area contributed by atoms with Gasteiger partial charge in [0.25, 0.3) is 0 Å². The molecule has 6 rings (SSSR count). The van der Waals surface area contributed by atoms with Gasteiger partial charge in [0.05, 0.1) is 13.7 Å². The van der Waals surface area contributed by atoms with Crippen LogP contribution in [0.2, 0.25) is 0 Å². The van der Waals surface area contributed by atoms with Crippen molar-refractivity contribution in [1.82, 2.24) is 15.0 Å². The minimum Gasteiger partial charge on any atom is -0.497 e. The quantitative estimate of drug-likeness (QED) is 0.499. The van der Waals surface area contributed by atoms with Crippen LogP contribution in [0.15, 0.2) is 18.2 Å². The zero-order chi connectivity index (χ0) is 25.1. The Balaban J connectivity index is 1.21. The van der Waals surface area contributed by atoms with Crippen LogP contribution < -0.4 is 4.74 Å². The smallest absolute Gasteiger partial charge is 0.159 e. The van der Waals surface area contributed by atoms with E-state index in [1.165, 1.54) is 51.4 Å². The van der Waals surface area contributed by atoms with Crippen LogP contribution in [0.3, 0.4) is 0 Å². The number of ketones is 1. The zero-order valence-electron chi connectivity index (χ0n) is 22.5. The van der Waals surface area contributed by atoms with Gasteiger partial charge >= 0.3 is 0 Å². The van der Waals surface area contributed by atoms with Crippen LogP contribution in [0.4, 0.5) is 0 Å². The molecule has 8 atom stereocenters. The Bertz CT molecular complexity index is 1130. The molecule has 4 saturated carbocycles. The van der Waals surface area contributed by atoms with E-state index < -0.39 is 0 Å². The minimum absolute atomic E-state index is 0.108. The lowest BCUT2D eigenvalue weighted by atomic mass is 9.44. The summed E-state index contributed by atoms with van der Waals surface area (Å²) in [5.41, 5.74) is 2.06. The molecular formula is C30H43N3O3. The third-order valence-corrected chi connectivity index (χ3v) is 11.4. The summed E-state index contributed by atoms with van der Waals surface area (Å²) in [7, 11) is 3.56. The number of aromatic nitrogens is 3. The molecule has 4 aliphatic rings. The van der Waals surface area contributed by atoms with Crippen LogP contribution in [0.5, 0.6) is 5.75 Å². The molecule has 4 aliphatic carbocycles. The number of hydrogen-bond acceptors (Lipinski definition) is 5. The summed E-state index contributed by atoms with van der Waals surface area (Å²) in [6.07, 6.45) is 11.4. The third kappa shape index (κ3) is 3.73. The average Bonchev–Trinajstić information content (AvgIpc) is 3.43. The van der Waals surface area contributed by atoms with Crippen molar-refractivity contribution in [2.45, 2.75) is 78.2 Å². The minimum atomic E-state index is 0.108. The van der Waals surface area contributed by atoms with Crippen molar-refractivity contribution in [3.8, 4) is 5.75 Å². The van der Waals surface area contributed by atoms with Gasteiger partial charge < -0.3 is 9.47 Å². The highest BCUT2D eigenvalue weighted by molar-refractivity contribution is 5.82. The lowest BCUT2D eigenvalue weighted by Crippen LogP contribution is -2.56. The van der Waals surface area contributed by atoms with Crippen molar-refractivity contribution in [3.63, 3.8) is 0 Å². The van der Waals surface area contributed by atoms with Gasteiger partial charge in [-0.05, 0) is 104 Å². The van der Waals surface area contributed by atoms with Crippen LogP contribution in [0, 0.1) is 46.3 Å². The fourth-order valence-electron chi connectivity index (χ4n) is 9.73. The number of ether oxygens (including phenoxy) is 2. The van der Waals surface area contributed by atoms with Crippen molar-refractivity contribution >= 4 is 16.8 Å². The molecule has 7 unspecified atom stereocenters. The van der Waals surface area contributed by atoms with Gasteiger partial charge in [-0.15, -0.1) is 0 Å². The van der Waals surface area contributed by atoms with Crippen LogP contribution in [0.1, 0.15) is 71.6 Å². The summed E-state index contributed by atoms with van der Waals surface area (Å²) >= 11 is 0. The molecule has 0 N–H and O–H groups in total. The summed E-state index contributed by atoms with van der Waals surface area (Å²) in [6.45, 7) is 6.09. The number of carbonyl (C=O) groups excluding carboxylic acids is 1. The molecule has 1 aromatic heterocycles. The van der Waals surface area contributed by atoms with E-state index in [0.29, 0.717) is 17.1 Å². The first-order chi connectivity index (χ1) is 17.4. The molecule has 196 valence electrons. The molecule has 6 heteroatoms. The standard InChI is InChI=1S/C30H43N3O3/c1-19-11-14-30(18-35-3)20(15-19)5-7-22-23-8-9-25(29(23,2)13-12-24(22)30)28(34)17-33-31-26-10-6-21(36-4)16-27(26)32-33/h6,10,16,19-20,22-25H,5,7-9,11-15,17-18H2,1-4H3/t19?,20?,22?,23?,24?,25-,29?,30?/m1/s1. The molecule has 6 nitrogen and oxygen atoms in total. The monoisotopic (exact) mass is 493 g/mol. The van der Waals surface area contributed by atoms with Crippen LogP contribution in [-0.2, 0) is 16.1 Å². The van der Waals surface area contributed by atoms with E-state index in [-0.39, 0.29) is 17.9 Å². The Kier molecular flexibility index (Phi) is 6.17. The predicted octanol–water partition coefficient (Wildman–Crippen LogP) is 5.93. The highest BCUT2D eigenvalue weighted by Crippen LogP contribution is 2.68. The second-order valence-corrected chi connectivity index (χ2v) is 12.9. The van der Waals surface area contributed by atoms with Crippen LogP contribution in [0.25, 0.3) is 11.0 Å². The SMILES string of the molecule is COCC12CCC(C)CC1CCC1C2CCC2(C)C1CC[C@@H]2C(=O)Cn1nc2ccc(OC)cc2n1. The van der Waals surface area contributed by atoms with Gasteiger partial charge in [0.2, 0.25) is 0 Å². The van der Waals surface area contributed by atoms with Gasteiger partial charge in [-0.2, -0.15) is 15.0 Å². The van der Waals surface area contributed by atoms with Gasteiger partial charge in [-0.3, -0.25) is 4.79 Å². The highest BCUT2D eigenvalue weighted by atomic mass is 16.5. The summed E-state index contributed by atoms with van der Waals surface area (Å²) in [5, 5.41) is 9.18. The number of methoxy groups -OCH3 is 2. The number of rotatable bonds is 6. The molecule has 0 amide bonds. The van der Waals surface area contributed by atoms with Crippen LogP contribution >= 0.6 is 0 Å². The topological polar surface area (TPSA) is 66.2 Å². The van der Waals surface area contributed by atoms with E-state index in [2.05, 4.69) is 24.0 Å². The fraction of sp³-hybridized carbons (Fsp3) is 0.767. The second kappa shape index (κ2) is 9.11. The summed E-state index contributed by atoms with van der Waals surface area (Å²) in [6, 6.07) is 5.69. The van der Waals surface area contributed by atoms with E-state index in [1.54, 1.807) is 11.9 Å². The Morgan fingerprint density at radius 2 is 1.86 bits per heavy atom. The first-order valence-electron chi connectivity index (χ1n) is 14.3. The Hall–Kier alpha value is -1.95. The van der Waals surface area contributed by atoms with Crippen molar-refractivity contribution in [2.24, 2.45) is 46.3 Å². The van der Waals surface area contributed by atoms with Gasteiger partial charge in [0.15, 0.2) is 5.78 Å². The number of nitrogens with zero attached hydrogens (tertiary/aromatic N) is 3. The van der Waals surface area contributed by atoms with E-state index in [4.69, 9.17) is 9.47 Å². The molecule has 0 saturated heterocycles. The molecule has 0 bridgehead atoms. The Morgan fingerprint density at radius 1 is 1.03 bits per heavy atom. The predicted molar refractivity (Wildman–Crippen MR) is 140 cm³/mol. The molecule has 0 spiro atoms. The maximum atomic E-state index is 13.7. The lowest BCUT2D eigenvalue weighted by Gasteiger charge is -2.61. The first kappa shape index (κ1) is 24.4. The largest absolute Gasteiger partial charge is 0.497 e. The molecular weight excluding hydrogens is 450 g/mol. The summed E-state index contributed by atoms with van der Waals surface area (Å²) in [4.78, 5) is 15.3. The fourth-order valence-corrected chi connectivity index (χ4v) is 9.73. The number of carbonyl (C=O) groups is 1. The summed E-state index contributed by atoms with van der Waals surface area (Å²) in [5.74, 6) is 5.05. The van der Waals surface area contributed by atoms with Crippen molar-refractivity contribution in [3.05, 3.63) is 18.2 Å². The molecule has 0 aliphatic heterocycles. The number of hydrogen-bond donors (Lipinski definition) is 0. The van der Waals surface area contributed by atoms with Crippen LogP contribution in [-0.4, -0.2) is 41.6 Å². The third-order valence-electron chi connectivity index (χ3n) is 11.4. The number of benzene rings is 1. The highest BCUT2D eigenvalue weighted by Gasteiger charge is 2.62. The Morgan fingerprint density at radius 3 is 2.67 bits per heavy atom. The maximum absolute atomic E-state index is 13.7. The van der Waals surface area contributed by atoms with E-state index in [9.17, 15) is 4.79 Å². The normalized spacial score (nSPS) is 39.9. The van der Waals surface area contributed by atoms with Gasteiger partial charge in [-0.1, -0.05) is 20.3 Å².